The molecule has 0 bridgehead atoms. The number of rotatable bonds is 1. The number of aryl methyl sites for hydroxylation is 1. The Hall–Kier alpha value is -1.03. The van der Waals surface area contributed by atoms with E-state index in [1.807, 2.05) is 19.1 Å². The predicted molar refractivity (Wildman–Crippen MR) is 65.7 cm³/mol. The molecule has 0 spiro atoms. The van der Waals surface area contributed by atoms with Crippen molar-refractivity contribution in [2.45, 2.75) is 6.92 Å². The van der Waals surface area contributed by atoms with Gasteiger partial charge in [-0.2, -0.15) is 0 Å². The molecule has 4 heteroatoms. The first-order valence-electron chi connectivity index (χ1n) is 5.13. The van der Waals surface area contributed by atoms with Crippen molar-refractivity contribution < 1.29 is 4.21 Å². The monoisotopic (exact) mass is 224 g/mol. The summed E-state index contributed by atoms with van der Waals surface area (Å²) in [7, 11) is -0.617. The zero-order chi connectivity index (χ0) is 10.8. The summed E-state index contributed by atoms with van der Waals surface area (Å²) in [5, 5.41) is 0. The summed E-state index contributed by atoms with van der Waals surface area (Å²) in [6, 6.07) is 6.12. The molecule has 0 aliphatic carbocycles. The Morgan fingerprint density at radius 3 is 2.60 bits per heavy atom. The molecule has 3 nitrogen and oxygen atoms in total. The Morgan fingerprint density at radius 2 is 2.00 bits per heavy atom. The lowest BCUT2D eigenvalue weighted by atomic mass is 10.1. The third-order valence-corrected chi connectivity index (χ3v) is 4.08. The van der Waals surface area contributed by atoms with Crippen molar-refractivity contribution in [2.75, 3.05) is 35.2 Å². The number of hydrogen-bond donors (Lipinski definition) is 1. The smallest absolute Gasteiger partial charge is 0.0411 e. The van der Waals surface area contributed by atoms with Crippen LogP contribution in [0.5, 0.6) is 0 Å². The van der Waals surface area contributed by atoms with Crippen LogP contribution in [0.2, 0.25) is 0 Å². The zero-order valence-electron chi connectivity index (χ0n) is 8.90. The minimum Gasteiger partial charge on any atom is -0.398 e. The van der Waals surface area contributed by atoms with E-state index in [4.69, 9.17) is 5.73 Å². The number of hydrogen-bond acceptors (Lipinski definition) is 3. The number of anilines is 2. The standard InChI is InChI=1S/C11H16N2OS/c1-9-2-3-10(8-11(9)12)13-4-6-15(14)7-5-13/h2-3,8H,4-7,12H2,1H3. The highest BCUT2D eigenvalue weighted by Gasteiger charge is 2.15. The second kappa shape index (κ2) is 4.23. The largest absolute Gasteiger partial charge is 0.398 e. The summed E-state index contributed by atoms with van der Waals surface area (Å²) in [5.74, 6) is 1.54. The molecule has 1 aromatic rings. The van der Waals surface area contributed by atoms with Gasteiger partial charge in [0.2, 0.25) is 0 Å². The number of benzene rings is 1. The number of nitrogens with two attached hydrogens (primary N) is 1. The quantitative estimate of drug-likeness (QED) is 0.728. The molecule has 2 rings (SSSR count). The maximum absolute atomic E-state index is 11.2. The van der Waals surface area contributed by atoms with Crippen molar-refractivity contribution in [1.29, 1.82) is 0 Å². The molecule has 1 heterocycles. The summed E-state index contributed by atoms with van der Waals surface area (Å²) in [6.07, 6.45) is 0. The maximum atomic E-state index is 11.2. The average Bonchev–Trinajstić information content (AvgIpc) is 2.23. The maximum Gasteiger partial charge on any atom is 0.0411 e. The molecule has 2 N–H and O–H groups in total. The van der Waals surface area contributed by atoms with E-state index in [0.717, 1.165) is 41.5 Å². The van der Waals surface area contributed by atoms with Crippen LogP contribution in [0.25, 0.3) is 0 Å². The van der Waals surface area contributed by atoms with E-state index in [0.29, 0.717) is 0 Å². The first-order chi connectivity index (χ1) is 7.16. The Bertz CT molecular complexity index is 382. The van der Waals surface area contributed by atoms with Gasteiger partial charge in [0.25, 0.3) is 0 Å². The van der Waals surface area contributed by atoms with Gasteiger partial charge in [0.1, 0.15) is 0 Å². The van der Waals surface area contributed by atoms with Crippen LogP contribution in [0.15, 0.2) is 18.2 Å². The Balaban J connectivity index is 2.16. The van der Waals surface area contributed by atoms with Gasteiger partial charge < -0.3 is 10.6 Å². The predicted octanol–water partition coefficient (Wildman–Crippen LogP) is 1.15. The van der Waals surface area contributed by atoms with E-state index >= 15 is 0 Å². The molecule has 0 amide bonds. The van der Waals surface area contributed by atoms with Crippen molar-refractivity contribution in [2.24, 2.45) is 0 Å². The minimum atomic E-state index is -0.617. The summed E-state index contributed by atoms with van der Waals surface area (Å²) in [6.45, 7) is 3.74. The zero-order valence-corrected chi connectivity index (χ0v) is 9.72. The van der Waals surface area contributed by atoms with E-state index in [-0.39, 0.29) is 0 Å². The van der Waals surface area contributed by atoms with E-state index < -0.39 is 10.8 Å². The van der Waals surface area contributed by atoms with E-state index in [1.54, 1.807) is 0 Å². The fourth-order valence-corrected chi connectivity index (χ4v) is 2.77. The van der Waals surface area contributed by atoms with Gasteiger partial charge in [0, 0.05) is 46.8 Å². The van der Waals surface area contributed by atoms with Gasteiger partial charge in [0.05, 0.1) is 0 Å². The third kappa shape index (κ3) is 2.31. The molecule has 15 heavy (non-hydrogen) atoms. The molecule has 1 aliphatic heterocycles. The van der Waals surface area contributed by atoms with Gasteiger partial charge in [-0.25, -0.2) is 0 Å². The Kier molecular flexibility index (Phi) is 2.95. The first-order valence-corrected chi connectivity index (χ1v) is 6.61. The fourth-order valence-electron chi connectivity index (χ4n) is 1.72. The van der Waals surface area contributed by atoms with Gasteiger partial charge in [-0.15, -0.1) is 0 Å². The van der Waals surface area contributed by atoms with Gasteiger partial charge in [-0.1, -0.05) is 6.07 Å². The molecule has 0 radical (unpaired) electrons. The van der Waals surface area contributed by atoms with Crippen LogP contribution >= 0.6 is 0 Å². The molecule has 0 unspecified atom stereocenters. The van der Waals surface area contributed by atoms with Crippen molar-refractivity contribution in [3.05, 3.63) is 23.8 Å². The highest BCUT2D eigenvalue weighted by Crippen LogP contribution is 2.21. The van der Waals surface area contributed by atoms with Crippen LogP contribution in [0.4, 0.5) is 11.4 Å². The second-order valence-electron chi connectivity index (χ2n) is 3.88. The van der Waals surface area contributed by atoms with E-state index in [1.165, 1.54) is 0 Å². The van der Waals surface area contributed by atoms with Crippen molar-refractivity contribution in [1.82, 2.24) is 0 Å². The Labute approximate surface area is 92.7 Å². The molecule has 1 aromatic carbocycles. The first kappa shape index (κ1) is 10.5. The van der Waals surface area contributed by atoms with Gasteiger partial charge in [-0.05, 0) is 24.6 Å². The highest BCUT2D eigenvalue weighted by molar-refractivity contribution is 7.85. The SMILES string of the molecule is Cc1ccc(N2CCS(=O)CC2)cc1N. The Morgan fingerprint density at radius 1 is 1.33 bits per heavy atom. The summed E-state index contributed by atoms with van der Waals surface area (Å²) in [4.78, 5) is 2.25. The molecule has 1 fully saturated rings. The van der Waals surface area contributed by atoms with Gasteiger partial charge in [0.15, 0.2) is 0 Å². The van der Waals surface area contributed by atoms with E-state index in [2.05, 4.69) is 11.0 Å². The molecular formula is C11H16N2OS. The van der Waals surface area contributed by atoms with Crippen molar-refractivity contribution >= 4 is 22.2 Å². The van der Waals surface area contributed by atoms with Gasteiger partial charge >= 0.3 is 0 Å². The number of nitrogens with zero attached hydrogens (tertiary/aromatic N) is 1. The van der Waals surface area contributed by atoms with Gasteiger partial charge in [-0.3, -0.25) is 4.21 Å². The molecule has 1 aliphatic rings. The van der Waals surface area contributed by atoms with Crippen LogP contribution in [0.3, 0.4) is 0 Å². The van der Waals surface area contributed by atoms with Crippen LogP contribution in [-0.2, 0) is 10.8 Å². The summed E-state index contributed by atoms with van der Waals surface area (Å²) < 4.78 is 11.2. The topological polar surface area (TPSA) is 46.3 Å². The molecule has 0 saturated carbocycles. The average molecular weight is 224 g/mol. The van der Waals surface area contributed by atoms with Crippen LogP contribution in [0.1, 0.15) is 5.56 Å². The van der Waals surface area contributed by atoms with Crippen LogP contribution in [0, 0.1) is 6.92 Å². The summed E-state index contributed by atoms with van der Waals surface area (Å²) >= 11 is 0. The lowest BCUT2D eigenvalue weighted by molar-refractivity contribution is 0.673. The lowest BCUT2D eigenvalue weighted by Crippen LogP contribution is -2.37. The molecular weight excluding hydrogens is 208 g/mol. The summed E-state index contributed by atoms with van der Waals surface area (Å²) in [5.41, 5.74) is 8.96. The third-order valence-electron chi connectivity index (χ3n) is 2.81. The second-order valence-corrected chi connectivity index (χ2v) is 5.57. The normalized spacial score (nSPS) is 18.1. The fraction of sp³-hybridized carbons (Fsp3) is 0.455. The molecule has 0 aromatic heterocycles. The highest BCUT2D eigenvalue weighted by atomic mass is 32.2. The van der Waals surface area contributed by atoms with Crippen molar-refractivity contribution in [3.8, 4) is 0 Å². The molecule has 1 saturated heterocycles. The van der Waals surface area contributed by atoms with Crippen LogP contribution < -0.4 is 10.6 Å². The molecule has 82 valence electrons. The number of nitrogen functional groups attached to an aromatic ring is 1. The molecule has 0 atom stereocenters. The van der Waals surface area contributed by atoms with Crippen LogP contribution in [-0.4, -0.2) is 28.8 Å². The lowest BCUT2D eigenvalue weighted by Gasteiger charge is -2.28. The van der Waals surface area contributed by atoms with E-state index in [9.17, 15) is 4.21 Å². The van der Waals surface area contributed by atoms with Crippen molar-refractivity contribution in [3.63, 3.8) is 0 Å². The minimum absolute atomic E-state index is 0.617.